The van der Waals surface area contributed by atoms with E-state index in [1.54, 1.807) is 6.07 Å². The number of hydrogen-bond donors (Lipinski definition) is 2. The van der Waals surface area contributed by atoms with Crippen LogP contribution in [0.25, 0.3) is 0 Å². The van der Waals surface area contributed by atoms with E-state index in [0.717, 1.165) is 19.3 Å². The average Bonchev–Trinajstić information content (AvgIpc) is 2.36. The monoisotopic (exact) mass is 264 g/mol. The number of benzene rings is 1. The van der Waals surface area contributed by atoms with Gasteiger partial charge in [-0.2, -0.15) is 0 Å². The Labute approximate surface area is 113 Å². The van der Waals surface area contributed by atoms with Gasteiger partial charge in [-0.3, -0.25) is 4.79 Å². The first-order valence-electron chi connectivity index (χ1n) is 6.84. The van der Waals surface area contributed by atoms with E-state index in [-0.39, 0.29) is 23.2 Å². The van der Waals surface area contributed by atoms with Gasteiger partial charge in [-0.25, -0.2) is 4.39 Å². The first kappa shape index (κ1) is 13.8. The molecule has 3 atom stereocenters. The van der Waals surface area contributed by atoms with Crippen LogP contribution in [0.5, 0.6) is 0 Å². The molecular formula is C15H21FN2O. The van der Waals surface area contributed by atoms with Crippen LogP contribution in [-0.4, -0.2) is 11.9 Å². The number of halogens is 1. The molecule has 0 aliphatic heterocycles. The van der Waals surface area contributed by atoms with Crippen LogP contribution in [-0.2, 0) is 0 Å². The number of nitrogen functional groups attached to an aromatic ring is 1. The van der Waals surface area contributed by atoms with Crippen molar-refractivity contribution in [1.29, 1.82) is 0 Å². The number of nitrogens with two attached hydrogens (primary N) is 1. The molecule has 19 heavy (non-hydrogen) atoms. The van der Waals surface area contributed by atoms with Gasteiger partial charge in [-0.1, -0.05) is 19.9 Å². The lowest BCUT2D eigenvalue weighted by Crippen LogP contribution is -2.42. The van der Waals surface area contributed by atoms with Gasteiger partial charge >= 0.3 is 0 Å². The SMILES string of the molecule is CC1CCC(NC(=O)c2cccc(F)c2N)C(C)C1. The Morgan fingerprint density at radius 2 is 2.11 bits per heavy atom. The highest BCUT2D eigenvalue weighted by atomic mass is 19.1. The van der Waals surface area contributed by atoms with Gasteiger partial charge in [0, 0.05) is 6.04 Å². The Hall–Kier alpha value is -1.58. The molecule has 1 saturated carbocycles. The predicted molar refractivity (Wildman–Crippen MR) is 74.2 cm³/mol. The maximum Gasteiger partial charge on any atom is 0.253 e. The zero-order valence-electron chi connectivity index (χ0n) is 11.4. The summed E-state index contributed by atoms with van der Waals surface area (Å²) in [5, 5.41) is 2.99. The predicted octanol–water partition coefficient (Wildman–Crippen LogP) is 2.96. The third kappa shape index (κ3) is 3.06. The van der Waals surface area contributed by atoms with Gasteiger partial charge in [0.05, 0.1) is 11.3 Å². The minimum Gasteiger partial charge on any atom is -0.396 e. The second-order valence-electron chi connectivity index (χ2n) is 5.68. The zero-order chi connectivity index (χ0) is 14.0. The maximum absolute atomic E-state index is 13.3. The van der Waals surface area contributed by atoms with Crippen molar-refractivity contribution >= 4 is 11.6 Å². The van der Waals surface area contributed by atoms with Crippen molar-refractivity contribution in [3.05, 3.63) is 29.6 Å². The molecule has 3 nitrogen and oxygen atoms in total. The summed E-state index contributed by atoms with van der Waals surface area (Å²) in [6.07, 6.45) is 3.21. The maximum atomic E-state index is 13.3. The first-order valence-corrected chi connectivity index (χ1v) is 6.84. The Morgan fingerprint density at radius 1 is 1.37 bits per heavy atom. The fourth-order valence-electron chi connectivity index (χ4n) is 2.86. The molecule has 0 bridgehead atoms. The van der Waals surface area contributed by atoms with Gasteiger partial charge in [-0.05, 0) is 43.2 Å². The molecule has 3 unspecified atom stereocenters. The van der Waals surface area contributed by atoms with Crippen LogP contribution in [0.2, 0.25) is 0 Å². The molecule has 1 aromatic rings. The smallest absolute Gasteiger partial charge is 0.253 e. The van der Waals surface area contributed by atoms with Crippen LogP contribution < -0.4 is 11.1 Å². The summed E-state index contributed by atoms with van der Waals surface area (Å²) in [4.78, 5) is 12.2. The molecule has 0 saturated heterocycles. The number of nitrogens with one attached hydrogen (secondary N) is 1. The Balaban J connectivity index is 2.07. The van der Waals surface area contributed by atoms with Crippen LogP contribution in [0.15, 0.2) is 18.2 Å². The van der Waals surface area contributed by atoms with Crippen molar-refractivity contribution in [2.75, 3.05) is 5.73 Å². The molecule has 1 aliphatic carbocycles. The number of carbonyl (C=O) groups is 1. The van der Waals surface area contributed by atoms with Crippen molar-refractivity contribution in [2.45, 2.75) is 39.2 Å². The standard InChI is InChI=1S/C15H21FN2O/c1-9-6-7-13(10(2)8-9)18-15(19)11-4-3-5-12(16)14(11)17/h3-5,9-10,13H,6-8,17H2,1-2H3,(H,18,19). The van der Waals surface area contributed by atoms with Crippen LogP contribution in [0.3, 0.4) is 0 Å². The average molecular weight is 264 g/mol. The lowest BCUT2D eigenvalue weighted by Gasteiger charge is -2.33. The Kier molecular flexibility index (Phi) is 4.08. The fourth-order valence-corrected chi connectivity index (χ4v) is 2.86. The minimum atomic E-state index is -0.544. The van der Waals surface area contributed by atoms with Gasteiger partial charge in [-0.15, -0.1) is 0 Å². The highest BCUT2D eigenvalue weighted by Gasteiger charge is 2.27. The molecular weight excluding hydrogens is 243 g/mol. The second-order valence-corrected chi connectivity index (χ2v) is 5.68. The van der Waals surface area contributed by atoms with Crippen molar-refractivity contribution < 1.29 is 9.18 Å². The highest BCUT2D eigenvalue weighted by molar-refractivity contribution is 5.99. The van der Waals surface area contributed by atoms with Gasteiger partial charge in [0.2, 0.25) is 0 Å². The van der Waals surface area contributed by atoms with E-state index < -0.39 is 5.82 Å². The normalized spacial score (nSPS) is 27.0. The highest BCUT2D eigenvalue weighted by Crippen LogP contribution is 2.29. The minimum absolute atomic E-state index is 0.0724. The molecule has 0 radical (unpaired) electrons. The summed E-state index contributed by atoms with van der Waals surface area (Å²) in [6.45, 7) is 4.38. The number of hydrogen-bond acceptors (Lipinski definition) is 2. The Bertz CT molecular complexity index is 475. The van der Waals surface area contributed by atoms with Crippen LogP contribution in [0.1, 0.15) is 43.5 Å². The summed E-state index contributed by atoms with van der Waals surface area (Å²) in [6, 6.07) is 4.49. The summed E-state index contributed by atoms with van der Waals surface area (Å²) in [7, 11) is 0. The summed E-state index contributed by atoms with van der Waals surface area (Å²) in [5.74, 6) is 0.339. The molecule has 0 heterocycles. The van der Waals surface area contributed by atoms with Crippen LogP contribution >= 0.6 is 0 Å². The topological polar surface area (TPSA) is 55.1 Å². The first-order chi connectivity index (χ1) is 8.99. The molecule has 4 heteroatoms. The van der Waals surface area contributed by atoms with Gasteiger partial charge < -0.3 is 11.1 Å². The van der Waals surface area contributed by atoms with E-state index in [9.17, 15) is 9.18 Å². The van der Waals surface area contributed by atoms with Crippen LogP contribution in [0.4, 0.5) is 10.1 Å². The number of para-hydroxylation sites is 1. The molecule has 1 aromatic carbocycles. The number of anilines is 1. The van der Waals surface area contributed by atoms with Crippen molar-refractivity contribution in [1.82, 2.24) is 5.32 Å². The van der Waals surface area contributed by atoms with Crippen molar-refractivity contribution in [2.24, 2.45) is 11.8 Å². The zero-order valence-corrected chi connectivity index (χ0v) is 11.4. The third-order valence-electron chi connectivity index (χ3n) is 4.05. The molecule has 1 fully saturated rings. The lowest BCUT2D eigenvalue weighted by molar-refractivity contribution is 0.0900. The number of rotatable bonds is 2. The Morgan fingerprint density at radius 3 is 2.79 bits per heavy atom. The fraction of sp³-hybridized carbons (Fsp3) is 0.533. The second kappa shape index (κ2) is 5.59. The number of carbonyl (C=O) groups excluding carboxylic acids is 1. The number of amides is 1. The van der Waals surface area contributed by atoms with E-state index in [1.165, 1.54) is 12.1 Å². The molecule has 0 aromatic heterocycles. The van der Waals surface area contributed by atoms with E-state index in [2.05, 4.69) is 19.2 Å². The molecule has 0 spiro atoms. The van der Waals surface area contributed by atoms with Gasteiger partial charge in [0.1, 0.15) is 5.82 Å². The largest absolute Gasteiger partial charge is 0.396 e. The van der Waals surface area contributed by atoms with E-state index in [4.69, 9.17) is 5.73 Å². The molecule has 104 valence electrons. The van der Waals surface area contributed by atoms with Gasteiger partial charge in [0.15, 0.2) is 0 Å². The van der Waals surface area contributed by atoms with Crippen molar-refractivity contribution in [3.8, 4) is 0 Å². The molecule has 2 rings (SSSR count). The van der Waals surface area contributed by atoms with Crippen LogP contribution in [0, 0.1) is 17.7 Å². The molecule has 1 aliphatic rings. The summed E-state index contributed by atoms with van der Waals surface area (Å²) in [5.41, 5.74) is 5.76. The third-order valence-corrected chi connectivity index (χ3v) is 4.05. The van der Waals surface area contributed by atoms with Gasteiger partial charge in [0.25, 0.3) is 5.91 Å². The summed E-state index contributed by atoms with van der Waals surface area (Å²) < 4.78 is 13.3. The quantitative estimate of drug-likeness (QED) is 0.807. The van der Waals surface area contributed by atoms with E-state index >= 15 is 0 Å². The van der Waals surface area contributed by atoms with E-state index in [1.807, 2.05) is 0 Å². The molecule has 1 amide bonds. The molecule has 3 N–H and O–H groups in total. The summed E-state index contributed by atoms with van der Waals surface area (Å²) >= 11 is 0. The van der Waals surface area contributed by atoms with Crippen molar-refractivity contribution in [3.63, 3.8) is 0 Å². The van der Waals surface area contributed by atoms with E-state index in [0.29, 0.717) is 11.8 Å². The lowest BCUT2D eigenvalue weighted by atomic mass is 9.80.